The Bertz CT molecular complexity index is 951. The minimum absolute atomic E-state index is 0.0585. The van der Waals surface area contributed by atoms with Crippen molar-refractivity contribution < 1.29 is 33.4 Å². The Balaban J connectivity index is 1.28. The highest BCUT2D eigenvalue weighted by molar-refractivity contribution is 9.12. The van der Waals surface area contributed by atoms with E-state index in [0.717, 1.165) is 11.3 Å². The number of fused-ring (bicyclic) bond motifs is 5. The van der Waals surface area contributed by atoms with Crippen LogP contribution >= 0.6 is 31.9 Å². The van der Waals surface area contributed by atoms with Gasteiger partial charge < -0.3 is 14.8 Å². The van der Waals surface area contributed by atoms with Crippen molar-refractivity contribution in [2.45, 2.75) is 16.1 Å². The molecule has 32 heavy (non-hydrogen) atoms. The topological polar surface area (TPSA) is 119 Å². The third-order valence-corrected chi connectivity index (χ3v) is 9.53. The van der Waals surface area contributed by atoms with Gasteiger partial charge in [-0.3, -0.25) is 24.1 Å². The number of imide groups is 1. The van der Waals surface area contributed by atoms with E-state index >= 15 is 0 Å². The van der Waals surface area contributed by atoms with Crippen LogP contribution in [0.3, 0.4) is 0 Å². The Morgan fingerprint density at radius 2 is 1.59 bits per heavy atom. The van der Waals surface area contributed by atoms with E-state index in [1.807, 2.05) is 0 Å². The number of hydrogen-bond donors (Lipinski definition) is 1. The fourth-order valence-corrected chi connectivity index (χ4v) is 6.77. The van der Waals surface area contributed by atoms with Gasteiger partial charge in [0, 0.05) is 15.3 Å². The van der Waals surface area contributed by atoms with Crippen molar-refractivity contribution in [3.05, 3.63) is 29.8 Å². The van der Waals surface area contributed by atoms with Crippen LogP contribution in [0.2, 0.25) is 0 Å². The molecule has 0 radical (unpaired) electrons. The van der Waals surface area contributed by atoms with Crippen molar-refractivity contribution >= 4 is 67.2 Å². The van der Waals surface area contributed by atoms with E-state index in [-0.39, 0.29) is 33.3 Å². The predicted molar refractivity (Wildman–Crippen MR) is 118 cm³/mol. The highest BCUT2D eigenvalue weighted by Crippen LogP contribution is 2.60. The Hall–Kier alpha value is -2.27. The molecule has 2 saturated carbocycles. The van der Waals surface area contributed by atoms with E-state index in [0.29, 0.717) is 11.3 Å². The van der Waals surface area contributed by atoms with Crippen molar-refractivity contribution in [3.63, 3.8) is 0 Å². The van der Waals surface area contributed by atoms with E-state index in [9.17, 15) is 24.0 Å². The SMILES string of the molecule is COC(=O)c1ccc(NC(=O)COC(=O)CN2C(=O)[C@@H]3[C@H]4C[C@@H]([C@H](Br)[C@H]4Br)[C@H]3C2=O)cc1. The molecule has 2 aliphatic carbocycles. The van der Waals surface area contributed by atoms with Gasteiger partial charge in [0.25, 0.3) is 5.91 Å². The van der Waals surface area contributed by atoms with Crippen molar-refractivity contribution in [2.24, 2.45) is 23.7 Å². The Morgan fingerprint density at radius 3 is 2.12 bits per heavy atom. The number of benzene rings is 1. The van der Waals surface area contributed by atoms with E-state index in [4.69, 9.17) is 4.74 Å². The summed E-state index contributed by atoms with van der Waals surface area (Å²) in [5.41, 5.74) is 0.730. The number of esters is 2. The van der Waals surface area contributed by atoms with E-state index in [1.54, 1.807) is 0 Å². The van der Waals surface area contributed by atoms with Crippen LogP contribution in [0.5, 0.6) is 0 Å². The van der Waals surface area contributed by atoms with Crippen LogP contribution in [-0.4, -0.2) is 64.5 Å². The summed E-state index contributed by atoms with van der Waals surface area (Å²) >= 11 is 7.22. The maximum Gasteiger partial charge on any atom is 0.337 e. The molecule has 1 saturated heterocycles. The number of anilines is 1. The van der Waals surface area contributed by atoms with Gasteiger partial charge in [0.15, 0.2) is 6.61 Å². The molecule has 9 nitrogen and oxygen atoms in total. The summed E-state index contributed by atoms with van der Waals surface area (Å²) in [4.78, 5) is 62.5. The summed E-state index contributed by atoms with van der Waals surface area (Å²) in [6.45, 7) is -1.08. The smallest absolute Gasteiger partial charge is 0.337 e. The Labute approximate surface area is 200 Å². The second kappa shape index (κ2) is 8.93. The molecule has 11 heteroatoms. The van der Waals surface area contributed by atoms with Gasteiger partial charge in [-0.1, -0.05) is 31.9 Å². The summed E-state index contributed by atoms with van der Waals surface area (Å²) in [6.07, 6.45) is 0.803. The number of alkyl halides is 2. The van der Waals surface area contributed by atoms with Gasteiger partial charge in [0.2, 0.25) is 11.8 Å². The fraction of sp³-hybridized carbons (Fsp3) is 0.476. The Morgan fingerprint density at radius 1 is 1.03 bits per heavy atom. The van der Waals surface area contributed by atoms with Crippen LogP contribution in [0.15, 0.2) is 24.3 Å². The number of likely N-dealkylation sites (tertiary alicyclic amines) is 1. The molecule has 2 bridgehead atoms. The molecule has 1 aliphatic heterocycles. The van der Waals surface area contributed by atoms with Crippen molar-refractivity contribution in [1.82, 2.24) is 4.90 Å². The number of halogens is 2. The zero-order valence-electron chi connectivity index (χ0n) is 17.0. The number of nitrogens with one attached hydrogen (secondary N) is 1. The first-order valence-corrected chi connectivity index (χ1v) is 11.8. The molecule has 1 heterocycles. The second-order valence-corrected chi connectivity index (χ2v) is 10.2. The minimum Gasteiger partial charge on any atom is -0.465 e. The fourth-order valence-electron chi connectivity index (χ4n) is 4.89. The van der Waals surface area contributed by atoms with Crippen LogP contribution in [0.25, 0.3) is 0 Å². The number of methoxy groups -OCH3 is 1. The quantitative estimate of drug-likeness (QED) is 0.314. The molecule has 0 spiro atoms. The zero-order valence-corrected chi connectivity index (χ0v) is 20.1. The highest BCUT2D eigenvalue weighted by atomic mass is 79.9. The van der Waals surface area contributed by atoms with E-state index in [1.165, 1.54) is 31.4 Å². The first kappa shape index (κ1) is 22.9. The third-order valence-electron chi connectivity index (χ3n) is 6.32. The number of ether oxygens (including phenoxy) is 2. The molecule has 0 unspecified atom stereocenters. The van der Waals surface area contributed by atoms with Gasteiger partial charge in [-0.2, -0.15) is 0 Å². The lowest BCUT2D eigenvalue weighted by Crippen LogP contribution is -2.38. The lowest BCUT2D eigenvalue weighted by molar-refractivity contribution is -0.154. The first-order valence-electron chi connectivity index (χ1n) is 10.00. The number of carbonyl (C=O) groups excluding carboxylic acids is 5. The molecule has 3 aliphatic rings. The van der Waals surface area contributed by atoms with Crippen LogP contribution in [0.1, 0.15) is 16.8 Å². The van der Waals surface area contributed by atoms with Crippen LogP contribution in [-0.2, 0) is 28.7 Å². The van der Waals surface area contributed by atoms with Crippen LogP contribution in [0, 0.1) is 23.7 Å². The zero-order chi connectivity index (χ0) is 23.2. The Kier molecular flexibility index (Phi) is 6.39. The van der Waals surface area contributed by atoms with Crippen LogP contribution < -0.4 is 5.32 Å². The lowest BCUT2D eigenvalue weighted by Gasteiger charge is -2.28. The number of carbonyl (C=O) groups is 5. The third kappa shape index (κ3) is 3.96. The van der Waals surface area contributed by atoms with E-state index in [2.05, 4.69) is 41.9 Å². The van der Waals surface area contributed by atoms with Gasteiger partial charge in [0.1, 0.15) is 6.54 Å². The summed E-state index contributed by atoms with van der Waals surface area (Å²) in [5.74, 6) is -3.32. The monoisotopic (exact) mass is 570 g/mol. The molecule has 3 amide bonds. The summed E-state index contributed by atoms with van der Waals surface area (Å²) in [7, 11) is 1.27. The molecule has 170 valence electrons. The van der Waals surface area contributed by atoms with Gasteiger partial charge in [-0.15, -0.1) is 0 Å². The molecule has 6 atom stereocenters. The maximum absolute atomic E-state index is 12.8. The predicted octanol–water partition coefficient (Wildman–Crippen LogP) is 1.73. The largest absolute Gasteiger partial charge is 0.465 e. The van der Waals surface area contributed by atoms with Crippen molar-refractivity contribution in [3.8, 4) is 0 Å². The van der Waals surface area contributed by atoms with Gasteiger partial charge >= 0.3 is 11.9 Å². The summed E-state index contributed by atoms with van der Waals surface area (Å²) in [5, 5.41) is 2.53. The van der Waals surface area contributed by atoms with Gasteiger partial charge in [-0.05, 0) is 42.5 Å². The average molecular weight is 572 g/mol. The summed E-state index contributed by atoms with van der Waals surface area (Å²) < 4.78 is 9.56. The first-order chi connectivity index (χ1) is 15.2. The number of nitrogens with zero attached hydrogens (tertiary/aromatic N) is 1. The number of amides is 3. The van der Waals surface area contributed by atoms with Crippen molar-refractivity contribution in [2.75, 3.05) is 25.6 Å². The minimum atomic E-state index is -0.832. The maximum atomic E-state index is 12.8. The lowest BCUT2D eigenvalue weighted by atomic mass is 9.81. The molecule has 1 N–H and O–H groups in total. The number of hydrogen-bond acceptors (Lipinski definition) is 7. The molecule has 1 aromatic rings. The average Bonchev–Trinajstić information content (AvgIpc) is 3.38. The standard InChI is InChI=1S/C21H20Br2N2O7/c1-31-21(30)9-2-4-10(5-3-9)24-13(26)8-32-14(27)7-25-19(28)15-11-6-12(16(15)20(25)29)18(23)17(11)22/h2-5,11-12,15-18H,6-8H2,1H3,(H,24,26)/t11-,12-,15-,16-,17+,18+/m1/s1. The molecular formula is C21H20Br2N2O7. The van der Waals surface area contributed by atoms with Gasteiger partial charge in [0.05, 0.1) is 24.5 Å². The van der Waals surface area contributed by atoms with Crippen molar-refractivity contribution in [1.29, 1.82) is 0 Å². The number of rotatable bonds is 6. The molecule has 3 fully saturated rings. The highest BCUT2D eigenvalue weighted by Gasteiger charge is 2.66. The second-order valence-electron chi connectivity index (χ2n) is 8.04. The molecule has 0 aromatic heterocycles. The van der Waals surface area contributed by atoms with Gasteiger partial charge in [-0.25, -0.2) is 4.79 Å². The molecular weight excluding hydrogens is 552 g/mol. The van der Waals surface area contributed by atoms with Crippen LogP contribution in [0.4, 0.5) is 5.69 Å². The van der Waals surface area contributed by atoms with E-state index < -0.39 is 42.8 Å². The molecule has 1 aromatic carbocycles. The summed E-state index contributed by atoms with van der Waals surface area (Å²) in [6, 6.07) is 5.98. The normalized spacial score (nSPS) is 30.3. The molecule has 4 rings (SSSR count).